The molecule has 2 saturated heterocycles. The number of hydrogen-bond donors (Lipinski definition) is 1. The Kier molecular flexibility index (Phi) is 3.35. The van der Waals surface area contributed by atoms with Gasteiger partial charge in [0.1, 0.15) is 11.4 Å². The quantitative estimate of drug-likeness (QED) is 0.786. The maximum absolute atomic E-state index is 13.7. The molecule has 7 heteroatoms. The van der Waals surface area contributed by atoms with Crippen molar-refractivity contribution in [2.75, 3.05) is 20.1 Å². The van der Waals surface area contributed by atoms with E-state index in [1.165, 1.54) is 30.1 Å². The van der Waals surface area contributed by atoms with Crippen LogP contribution in [0.4, 0.5) is 9.18 Å². The molecule has 4 amide bonds. The van der Waals surface area contributed by atoms with Crippen LogP contribution in [-0.2, 0) is 4.79 Å². The minimum absolute atomic E-state index is 0.0253. The number of nitrogens with one attached hydrogen (secondary N) is 1. The average molecular weight is 305 g/mol. The van der Waals surface area contributed by atoms with Crippen molar-refractivity contribution < 1.29 is 18.8 Å². The molecule has 0 bridgehead atoms. The molecular weight excluding hydrogens is 289 g/mol. The van der Waals surface area contributed by atoms with Crippen LogP contribution in [0, 0.1) is 5.82 Å². The van der Waals surface area contributed by atoms with E-state index in [0.29, 0.717) is 25.9 Å². The van der Waals surface area contributed by atoms with E-state index in [1.807, 2.05) is 0 Å². The molecule has 2 aliphatic rings. The highest BCUT2D eigenvalue weighted by atomic mass is 19.1. The second kappa shape index (κ2) is 5.08. The third kappa shape index (κ3) is 2.13. The zero-order chi connectivity index (χ0) is 15.9. The summed E-state index contributed by atoms with van der Waals surface area (Å²) in [5.41, 5.74) is -0.893. The fourth-order valence-electron chi connectivity index (χ4n) is 2.99. The minimum Gasteiger partial charge on any atom is -0.338 e. The van der Waals surface area contributed by atoms with Crippen LogP contribution in [0.5, 0.6) is 0 Å². The van der Waals surface area contributed by atoms with Gasteiger partial charge in [-0.25, -0.2) is 9.18 Å². The summed E-state index contributed by atoms with van der Waals surface area (Å²) < 4.78 is 13.7. The Morgan fingerprint density at radius 2 is 1.86 bits per heavy atom. The van der Waals surface area contributed by atoms with Crippen molar-refractivity contribution in [3.8, 4) is 0 Å². The first-order valence-corrected chi connectivity index (χ1v) is 7.09. The molecule has 1 N–H and O–H groups in total. The largest absolute Gasteiger partial charge is 0.338 e. The Balaban J connectivity index is 1.73. The molecule has 22 heavy (non-hydrogen) atoms. The van der Waals surface area contributed by atoms with Crippen molar-refractivity contribution in [3.63, 3.8) is 0 Å². The lowest BCUT2D eigenvalue weighted by atomic mass is 9.87. The third-order valence-electron chi connectivity index (χ3n) is 4.37. The number of benzene rings is 1. The molecular formula is C15H16FN3O3. The van der Waals surface area contributed by atoms with Gasteiger partial charge in [-0.2, -0.15) is 0 Å². The predicted molar refractivity (Wildman–Crippen MR) is 75.6 cm³/mol. The van der Waals surface area contributed by atoms with E-state index in [0.717, 1.165) is 4.90 Å². The molecule has 2 aliphatic heterocycles. The topological polar surface area (TPSA) is 69.7 Å². The number of imide groups is 1. The van der Waals surface area contributed by atoms with Gasteiger partial charge in [-0.1, -0.05) is 12.1 Å². The Morgan fingerprint density at radius 1 is 1.23 bits per heavy atom. The molecule has 2 fully saturated rings. The second-order valence-corrected chi connectivity index (χ2v) is 5.65. The molecule has 1 spiro atoms. The van der Waals surface area contributed by atoms with Crippen LogP contribution in [0.2, 0.25) is 0 Å². The highest BCUT2D eigenvalue weighted by molar-refractivity contribution is 6.07. The number of urea groups is 1. The normalized spacial score (nSPS) is 20.5. The third-order valence-corrected chi connectivity index (χ3v) is 4.37. The summed E-state index contributed by atoms with van der Waals surface area (Å²) in [6.45, 7) is 0.597. The Hall–Kier alpha value is -2.44. The van der Waals surface area contributed by atoms with Crippen LogP contribution >= 0.6 is 0 Å². The van der Waals surface area contributed by atoms with Crippen molar-refractivity contribution in [1.82, 2.24) is 15.1 Å². The maximum Gasteiger partial charge on any atom is 0.324 e. The number of rotatable bonds is 1. The van der Waals surface area contributed by atoms with Crippen molar-refractivity contribution in [2.45, 2.75) is 18.4 Å². The summed E-state index contributed by atoms with van der Waals surface area (Å²) in [5, 5.41) is 2.70. The van der Waals surface area contributed by atoms with Crippen LogP contribution in [0.1, 0.15) is 23.2 Å². The van der Waals surface area contributed by atoms with Crippen LogP contribution in [0.25, 0.3) is 0 Å². The van der Waals surface area contributed by atoms with Crippen LogP contribution in [0.3, 0.4) is 0 Å². The van der Waals surface area contributed by atoms with Crippen LogP contribution in [-0.4, -0.2) is 53.3 Å². The summed E-state index contributed by atoms with van der Waals surface area (Å²) in [6.07, 6.45) is 0.671. The fraction of sp³-hybridized carbons (Fsp3) is 0.400. The number of amides is 4. The number of likely N-dealkylation sites (N-methyl/N-ethyl adjacent to an activating group) is 1. The molecule has 0 radical (unpaired) electrons. The lowest BCUT2D eigenvalue weighted by molar-refractivity contribution is -0.131. The van der Waals surface area contributed by atoms with Gasteiger partial charge < -0.3 is 10.2 Å². The van der Waals surface area contributed by atoms with E-state index in [-0.39, 0.29) is 11.5 Å². The summed E-state index contributed by atoms with van der Waals surface area (Å²) in [4.78, 5) is 38.7. The van der Waals surface area contributed by atoms with Gasteiger partial charge in [0.25, 0.3) is 11.8 Å². The first kappa shape index (κ1) is 14.5. The zero-order valence-corrected chi connectivity index (χ0v) is 12.1. The van der Waals surface area contributed by atoms with Gasteiger partial charge in [0.15, 0.2) is 0 Å². The standard InChI is InChI=1S/C15H16FN3O3/c1-18-13(21)15(17-14(18)22)6-8-19(9-7-15)12(20)10-4-2-3-5-11(10)16/h2-5H,6-9H2,1H3,(H,17,22). The number of hydrogen-bond acceptors (Lipinski definition) is 3. The summed E-state index contributed by atoms with van der Waals surface area (Å²) in [5.74, 6) is -1.22. The molecule has 1 aromatic rings. The fourth-order valence-corrected chi connectivity index (χ4v) is 2.99. The average Bonchev–Trinajstić information content (AvgIpc) is 2.72. The van der Waals surface area contributed by atoms with Gasteiger partial charge in [-0.3, -0.25) is 14.5 Å². The number of carbonyl (C=O) groups is 3. The number of nitrogens with zero attached hydrogens (tertiary/aromatic N) is 2. The van der Waals surface area contributed by atoms with Gasteiger partial charge in [0.05, 0.1) is 5.56 Å². The van der Waals surface area contributed by atoms with Gasteiger partial charge >= 0.3 is 6.03 Å². The van der Waals surface area contributed by atoms with E-state index in [4.69, 9.17) is 0 Å². The van der Waals surface area contributed by atoms with Crippen molar-refractivity contribution >= 4 is 17.8 Å². The van der Waals surface area contributed by atoms with Crippen LogP contribution < -0.4 is 5.32 Å². The maximum atomic E-state index is 13.7. The van der Waals surface area contributed by atoms with Gasteiger partial charge in [-0.05, 0) is 25.0 Å². The van der Waals surface area contributed by atoms with Gasteiger partial charge in [0, 0.05) is 20.1 Å². The van der Waals surface area contributed by atoms with Crippen LogP contribution in [0.15, 0.2) is 24.3 Å². The van der Waals surface area contributed by atoms with Crippen molar-refractivity contribution in [2.24, 2.45) is 0 Å². The van der Waals surface area contributed by atoms with Crippen molar-refractivity contribution in [1.29, 1.82) is 0 Å². The highest BCUT2D eigenvalue weighted by Gasteiger charge is 2.51. The first-order valence-electron chi connectivity index (χ1n) is 7.09. The van der Waals surface area contributed by atoms with E-state index < -0.39 is 23.3 Å². The smallest absolute Gasteiger partial charge is 0.324 e. The molecule has 0 aromatic heterocycles. The molecule has 0 atom stereocenters. The van der Waals surface area contributed by atoms with E-state index in [2.05, 4.69) is 5.32 Å². The molecule has 6 nitrogen and oxygen atoms in total. The number of carbonyl (C=O) groups excluding carboxylic acids is 3. The molecule has 0 unspecified atom stereocenters. The summed E-state index contributed by atoms with van der Waals surface area (Å²) in [6, 6.07) is 5.41. The molecule has 0 aliphatic carbocycles. The van der Waals surface area contributed by atoms with E-state index in [9.17, 15) is 18.8 Å². The second-order valence-electron chi connectivity index (χ2n) is 5.65. The van der Waals surface area contributed by atoms with Crippen molar-refractivity contribution in [3.05, 3.63) is 35.6 Å². The predicted octanol–water partition coefficient (Wildman–Crippen LogP) is 0.982. The molecule has 3 rings (SSSR count). The Bertz CT molecular complexity index is 653. The van der Waals surface area contributed by atoms with Gasteiger partial charge in [-0.15, -0.1) is 0 Å². The summed E-state index contributed by atoms with van der Waals surface area (Å²) in [7, 11) is 1.43. The summed E-state index contributed by atoms with van der Waals surface area (Å²) >= 11 is 0. The Labute approximate surface area is 126 Å². The first-order chi connectivity index (χ1) is 10.4. The lowest BCUT2D eigenvalue weighted by Gasteiger charge is -2.37. The molecule has 0 saturated carbocycles. The van der Waals surface area contributed by atoms with E-state index in [1.54, 1.807) is 6.07 Å². The lowest BCUT2D eigenvalue weighted by Crippen LogP contribution is -2.55. The highest BCUT2D eigenvalue weighted by Crippen LogP contribution is 2.29. The monoisotopic (exact) mass is 305 g/mol. The minimum atomic E-state index is -0.919. The molecule has 2 heterocycles. The van der Waals surface area contributed by atoms with Gasteiger partial charge in [0.2, 0.25) is 0 Å². The molecule has 116 valence electrons. The number of likely N-dealkylation sites (tertiary alicyclic amines) is 1. The zero-order valence-electron chi connectivity index (χ0n) is 12.1. The Morgan fingerprint density at radius 3 is 2.41 bits per heavy atom. The SMILES string of the molecule is CN1C(=O)NC2(CCN(C(=O)c3ccccc3F)CC2)C1=O. The number of halogens is 1. The number of piperidine rings is 1. The molecule has 1 aromatic carbocycles. The van der Waals surface area contributed by atoms with E-state index >= 15 is 0 Å².